The number of esters is 3. The van der Waals surface area contributed by atoms with Gasteiger partial charge < -0.3 is 14.2 Å². The van der Waals surface area contributed by atoms with Crippen molar-refractivity contribution in [2.45, 2.75) is 309 Å². The second-order valence-corrected chi connectivity index (χ2v) is 21.6. The second-order valence-electron chi connectivity index (χ2n) is 21.6. The van der Waals surface area contributed by atoms with Crippen LogP contribution in [0.5, 0.6) is 0 Å². The molecule has 0 aliphatic rings. The first-order valence-electron chi connectivity index (χ1n) is 33.0. The first kappa shape index (κ1) is 74.8. The molecule has 6 nitrogen and oxygen atoms in total. The molecule has 450 valence electrons. The van der Waals surface area contributed by atoms with Crippen LogP contribution >= 0.6 is 0 Å². The van der Waals surface area contributed by atoms with Crippen LogP contribution in [0, 0.1) is 0 Å². The lowest BCUT2D eigenvalue weighted by molar-refractivity contribution is -0.167. The summed E-state index contributed by atoms with van der Waals surface area (Å²) in [7, 11) is 0. The minimum absolute atomic E-state index is 0.0831. The van der Waals surface area contributed by atoms with Gasteiger partial charge in [0.1, 0.15) is 13.2 Å². The fraction of sp³-hybridized carbons (Fsp3) is 0.685. The molecular formula is C73H122O6. The van der Waals surface area contributed by atoms with E-state index in [-0.39, 0.29) is 31.1 Å². The molecule has 0 spiro atoms. The molecule has 0 aliphatic heterocycles. The third-order valence-corrected chi connectivity index (χ3v) is 14.0. The van der Waals surface area contributed by atoms with Crippen LogP contribution in [0.25, 0.3) is 0 Å². The molecule has 1 atom stereocenters. The Morgan fingerprint density at radius 3 is 0.772 bits per heavy atom. The lowest BCUT2D eigenvalue weighted by Gasteiger charge is -2.18. The summed E-state index contributed by atoms with van der Waals surface area (Å²) >= 11 is 0. The number of hydrogen-bond donors (Lipinski definition) is 0. The molecule has 0 aromatic heterocycles. The molecule has 0 rings (SSSR count). The minimum Gasteiger partial charge on any atom is -0.462 e. The largest absolute Gasteiger partial charge is 0.462 e. The Labute approximate surface area is 488 Å². The zero-order valence-corrected chi connectivity index (χ0v) is 51.6. The molecular weight excluding hydrogens is 973 g/mol. The van der Waals surface area contributed by atoms with Gasteiger partial charge in [0.2, 0.25) is 0 Å². The van der Waals surface area contributed by atoms with Crippen molar-refractivity contribution in [2.24, 2.45) is 0 Å². The van der Waals surface area contributed by atoms with Crippen LogP contribution in [0.1, 0.15) is 303 Å². The molecule has 0 radical (unpaired) electrons. The summed E-state index contributed by atoms with van der Waals surface area (Å²) in [5.41, 5.74) is 0. The number of carbonyl (C=O) groups excluding carboxylic acids is 3. The Morgan fingerprint density at radius 1 is 0.266 bits per heavy atom. The summed E-state index contributed by atoms with van der Waals surface area (Å²) in [5, 5.41) is 0. The number of unbranched alkanes of at least 4 members (excludes halogenated alkanes) is 28. The molecule has 0 saturated carbocycles. The molecule has 0 fully saturated rings. The van der Waals surface area contributed by atoms with Gasteiger partial charge >= 0.3 is 17.9 Å². The maximum Gasteiger partial charge on any atom is 0.306 e. The van der Waals surface area contributed by atoms with Gasteiger partial charge in [0.05, 0.1) is 0 Å². The molecule has 0 aliphatic carbocycles. The average Bonchev–Trinajstić information content (AvgIpc) is 3.45. The maximum absolute atomic E-state index is 12.9. The predicted octanol–water partition coefficient (Wildman–Crippen LogP) is 22.8. The number of ether oxygens (including phenoxy) is 3. The summed E-state index contributed by atoms with van der Waals surface area (Å²) in [6.45, 7) is 6.41. The van der Waals surface area contributed by atoms with E-state index < -0.39 is 6.10 Å². The summed E-state index contributed by atoms with van der Waals surface area (Å²) in [5.74, 6) is -0.893. The van der Waals surface area contributed by atoms with E-state index in [4.69, 9.17) is 14.2 Å². The fourth-order valence-corrected chi connectivity index (χ4v) is 9.09. The molecule has 0 aromatic carbocycles. The highest BCUT2D eigenvalue weighted by atomic mass is 16.6. The normalized spacial score (nSPS) is 12.9. The highest BCUT2D eigenvalue weighted by Crippen LogP contribution is 2.16. The zero-order valence-electron chi connectivity index (χ0n) is 51.6. The van der Waals surface area contributed by atoms with Gasteiger partial charge in [-0.15, -0.1) is 0 Å². The van der Waals surface area contributed by atoms with Crippen molar-refractivity contribution in [2.75, 3.05) is 13.2 Å². The number of allylic oxidation sites excluding steroid dienone is 20. The van der Waals surface area contributed by atoms with E-state index in [1.54, 1.807) is 0 Å². The lowest BCUT2D eigenvalue weighted by Crippen LogP contribution is -2.30. The quantitative estimate of drug-likeness (QED) is 0.0261. The molecule has 6 heteroatoms. The van der Waals surface area contributed by atoms with Crippen molar-refractivity contribution in [3.8, 4) is 0 Å². The molecule has 0 N–H and O–H groups in total. The molecule has 1 unspecified atom stereocenters. The third kappa shape index (κ3) is 64.5. The van der Waals surface area contributed by atoms with Crippen molar-refractivity contribution in [1.29, 1.82) is 0 Å². The topological polar surface area (TPSA) is 78.9 Å². The number of hydrogen-bond acceptors (Lipinski definition) is 6. The Hall–Kier alpha value is -4.19. The molecule has 0 heterocycles. The van der Waals surface area contributed by atoms with Crippen molar-refractivity contribution < 1.29 is 28.6 Å². The standard InChI is InChI=1S/C73H122O6/c1-4-7-10-13-16-19-22-24-26-28-30-31-32-33-34-35-36-37-38-39-40-41-43-44-46-48-51-54-57-60-63-66-72(75)78-69-70(68-77-71(74)65-62-59-56-53-50-21-18-15-12-9-6-3)79-73(76)67-64-61-58-55-52-49-47-45-42-29-27-25-23-20-17-14-11-8-5-2/h7-8,10-11,16-17,19-20,24-27,30-31,33-34,36-37,42,45,70H,4-6,9,12-15,18,21-23,28-29,32,35,38-41,43-44,46-69H2,1-3H3/b10-7-,11-8-,19-16-,20-17-,26-24-,27-25-,31-30-,34-33-,37-36-,45-42-. The van der Waals surface area contributed by atoms with E-state index >= 15 is 0 Å². The molecule has 0 aromatic rings. The van der Waals surface area contributed by atoms with Gasteiger partial charge in [-0.1, -0.05) is 296 Å². The monoisotopic (exact) mass is 1090 g/mol. The first-order valence-corrected chi connectivity index (χ1v) is 33.0. The van der Waals surface area contributed by atoms with E-state index in [1.807, 2.05) is 0 Å². The maximum atomic E-state index is 12.9. The van der Waals surface area contributed by atoms with E-state index in [0.29, 0.717) is 19.3 Å². The predicted molar refractivity (Wildman–Crippen MR) is 343 cm³/mol. The summed E-state index contributed by atoms with van der Waals surface area (Å²) in [6, 6.07) is 0. The van der Waals surface area contributed by atoms with Gasteiger partial charge in [0.25, 0.3) is 0 Å². The van der Waals surface area contributed by atoms with Crippen LogP contribution in [-0.2, 0) is 28.6 Å². The lowest BCUT2D eigenvalue weighted by atomic mass is 10.0. The average molecular weight is 1100 g/mol. The number of rotatable bonds is 59. The second kappa shape index (κ2) is 66.3. The highest BCUT2D eigenvalue weighted by Gasteiger charge is 2.19. The Kier molecular flexibility index (Phi) is 62.8. The number of carbonyl (C=O) groups is 3. The molecule has 79 heavy (non-hydrogen) atoms. The highest BCUT2D eigenvalue weighted by molar-refractivity contribution is 5.71. The smallest absolute Gasteiger partial charge is 0.306 e. The Balaban J connectivity index is 4.24. The summed E-state index contributed by atoms with van der Waals surface area (Å²) < 4.78 is 16.9. The van der Waals surface area contributed by atoms with Gasteiger partial charge in [-0.25, -0.2) is 0 Å². The van der Waals surface area contributed by atoms with Crippen LogP contribution < -0.4 is 0 Å². The van der Waals surface area contributed by atoms with Gasteiger partial charge in [0, 0.05) is 19.3 Å². The van der Waals surface area contributed by atoms with E-state index in [0.717, 1.165) is 135 Å². The first-order chi connectivity index (χ1) is 39.0. The summed E-state index contributed by atoms with van der Waals surface area (Å²) in [4.78, 5) is 38.3. The van der Waals surface area contributed by atoms with Crippen LogP contribution in [0.4, 0.5) is 0 Å². The fourth-order valence-electron chi connectivity index (χ4n) is 9.09. The molecule has 0 saturated heterocycles. The van der Waals surface area contributed by atoms with Crippen molar-refractivity contribution in [3.63, 3.8) is 0 Å². The third-order valence-electron chi connectivity index (χ3n) is 14.0. The van der Waals surface area contributed by atoms with Crippen LogP contribution in [0.3, 0.4) is 0 Å². The van der Waals surface area contributed by atoms with Crippen LogP contribution in [0.15, 0.2) is 122 Å². The SMILES string of the molecule is CC/C=C\C/C=C\C/C=C\C/C=C\C/C=C\C/C=C\CCCCCCCCCCCCCCC(=O)OCC(COC(=O)CCCCCCCCCCCCC)OC(=O)CCCCCCCC/C=C\C/C=C\C/C=C\C/C=C\CC. The van der Waals surface area contributed by atoms with E-state index in [2.05, 4.69) is 142 Å². The van der Waals surface area contributed by atoms with Crippen LogP contribution in [-0.4, -0.2) is 37.2 Å². The van der Waals surface area contributed by atoms with Crippen molar-refractivity contribution in [1.82, 2.24) is 0 Å². The Bertz CT molecular complexity index is 1640. The van der Waals surface area contributed by atoms with Crippen LogP contribution in [0.2, 0.25) is 0 Å². The van der Waals surface area contributed by atoms with Gasteiger partial charge in [0.15, 0.2) is 6.10 Å². The Morgan fingerprint density at radius 2 is 0.494 bits per heavy atom. The van der Waals surface area contributed by atoms with Crippen molar-refractivity contribution in [3.05, 3.63) is 122 Å². The van der Waals surface area contributed by atoms with Gasteiger partial charge in [-0.05, 0) is 109 Å². The van der Waals surface area contributed by atoms with Gasteiger partial charge in [-0.3, -0.25) is 14.4 Å². The molecule has 0 bridgehead atoms. The zero-order chi connectivity index (χ0) is 57.1. The molecule has 0 amide bonds. The van der Waals surface area contributed by atoms with E-state index in [9.17, 15) is 14.4 Å². The van der Waals surface area contributed by atoms with E-state index in [1.165, 1.54) is 128 Å². The van der Waals surface area contributed by atoms with Crippen molar-refractivity contribution >= 4 is 17.9 Å². The summed E-state index contributed by atoms with van der Waals surface area (Å²) in [6.07, 6.45) is 92.1. The minimum atomic E-state index is -0.788. The van der Waals surface area contributed by atoms with Gasteiger partial charge in [-0.2, -0.15) is 0 Å².